The number of likely N-dealkylation sites (tertiary alicyclic amines) is 1. The summed E-state index contributed by atoms with van der Waals surface area (Å²) in [6.45, 7) is 5.15. The van der Waals surface area contributed by atoms with E-state index in [1.807, 2.05) is 0 Å². The fraction of sp³-hybridized carbons (Fsp3) is 0.733. The van der Waals surface area contributed by atoms with Crippen LogP contribution in [-0.2, 0) is 19.1 Å². The van der Waals surface area contributed by atoms with Gasteiger partial charge in [-0.25, -0.2) is 4.79 Å². The highest BCUT2D eigenvalue weighted by atomic mass is 16.6. The van der Waals surface area contributed by atoms with Crippen LogP contribution in [0.1, 0.15) is 46.5 Å². The van der Waals surface area contributed by atoms with Crippen LogP contribution >= 0.6 is 0 Å². The third kappa shape index (κ3) is 4.95. The Morgan fingerprint density at radius 2 is 1.71 bits per heavy atom. The normalized spacial score (nSPS) is 21.5. The van der Waals surface area contributed by atoms with Crippen molar-refractivity contribution in [1.82, 2.24) is 4.90 Å². The molecule has 1 aliphatic rings. The lowest BCUT2D eigenvalue weighted by Crippen LogP contribution is -2.38. The van der Waals surface area contributed by atoms with Crippen molar-refractivity contribution < 1.29 is 23.9 Å². The van der Waals surface area contributed by atoms with Crippen molar-refractivity contribution in [2.75, 3.05) is 13.2 Å². The monoisotopic (exact) mass is 297 g/mol. The number of hydrogen-bond donors (Lipinski definition) is 0. The van der Waals surface area contributed by atoms with Gasteiger partial charge in [0.05, 0.1) is 12.6 Å². The van der Waals surface area contributed by atoms with Gasteiger partial charge >= 0.3 is 6.09 Å². The van der Waals surface area contributed by atoms with Crippen LogP contribution in [0, 0.1) is 5.92 Å². The number of carbonyl (C=O) groups excluding carboxylic acids is 4. The minimum Gasteiger partial charge on any atom is -0.450 e. The molecular formula is C15H23NO5. The van der Waals surface area contributed by atoms with Crippen molar-refractivity contribution in [1.29, 1.82) is 0 Å². The van der Waals surface area contributed by atoms with E-state index in [-0.39, 0.29) is 42.8 Å². The molecule has 2 atom stereocenters. The van der Waals surface area contributed by atoms with Gasteiger partial charge in [0, 0.05) is 25.3 Å². The van der Waals surface area contributed by atoms with Crippen molar-refractivity contribution in [3.63, 3.8) is 0 Å². The van der Waals surface area contributed by atoms with E-state index in [9.17, 15) is 19.2 Å². The predicted octanol–water partition coefficient (Wildman–Crippen LogP) is 1.75. The van der Waals surface area contributed by atoms with Crippen LogP contribution in [0.3, 0.4) is 0 Å². The summed E-state index contributed by atoms with van der Waals surface area (Å²) in [6.07, 6.45) is 0.826. The van der Waals surface area contributed by atoms with Crippen molar-refractivity contribution in [3.05, 3.63) is 0 Å². The Morgan fingerprint density at radius 1 is 1.14 bits per heavy atom. The molecule has 0 spiro atoms. The molecule has 6 nitrogen and oxygen atoms in total. The molecule has 1 saturated heterocycles. The molecule has 0 bridgehead atoms. The minimum atomic E-state index is -0.607. The summed E-state index contributed by atoms with van der Waals surface area (Å²) >= 11 is 0. The van der Waals surface area contributed by atoms with Gasteiger partial charge in [-0.1, -0.05) is 0 Å². The van der Waals surface area contributed by atoms with Crippen molar-refractivity contribution in [2.45, 2.75) is 52.5 Å². The Labute approximate surface area is 124 Å². The lowest BCUT2D eigenvalue weighted by atomic mass is 9.95. The molecule has 0 aromatic heterocycles. The number of hydrogen-bond acceptors (Lipinski definition) is 5. The highest BCUT2D eigenvalue weighted by Crippen LogP contribution is 2.27. The summed E-state index contributed by atoms with van der Waals surface area (Å²) < 4.78 is 4.97. The van der Waals surface area contributed by atoms with E-state index in [1.165, 1.54) is 18.7 Å². The summed E-state index contributed by atoms with van der Waals surface area (Å²) in [7, 11) is 0. The maximum atomic E-state index is 12.4. The van der Waals surface area contributed by atoms with Crippen LogP contribution in [0.2, 0.25) is 0 Å². The van der Waals surface area contributed by atoms with Gasteiger partial charge in [0.1, 0.15) is 11.6 Å². The van der Waals surface area contributed by atoms with Gasteiger partial charge in [0.25, 0.3) is 0 Å². The highest BCUT2D eigenvalue weighted by Gasteiger charge is 2.42. The smallest absolute Gasteiger partial charge is 0.410 e. The molecule has 2 unspecified atom stereocenters. The van der Waals surface area contributed by atoms with Crippen LogP contribution in [0.5, 0.6) is 0 Å². The number of carbonyl (C=O) groups is 4. The first-order chi connectivity index (χ1) is 9.86. The van der Waals surface area contributed by atoms with Crippen molar-refractivity contribution in [2.24, 2.45) is 5.92 Å². The number of amides is 1. The molecule has 0 aromatic carbocycles. The third-order valence-electron chi connectivity index (χ3n) is 3.64. The molecule has 1 amide bonds. The van der Waals surface area contributed by atoms with Crippen LogP contribution in [0.25, 0.3) is 0 Å². The van der Waals surface area contributed by atoms with E-state index in [0.29, 0.717) is 19.3 Å². The molecule has 1 fully saturated rings. The molecule has 1 aliphatic heterocycles. The lowest BCUT2D eigenvalue weighted by Gasteiger charge is -2.22. The van der Waals surface area contributed by atoms with E-state index < -0.39 is 12.1 Å². The quantitative estimate of drug-likeness (QED) is 0.715. The van der Waals surface area contributed by atoms with Gasteiger partial charge in [0.2, 0.25) is 0 Å². The number of ether oxygens (including phenoxy) is 1. The molecule has 21 heavy (non-hydrogen) atoms. The van der Waals surface area contributed by atoms with Gasteiger partial charge in [0.15, 0.2) is 5.78 Å². The Hall–Kier alpha value is -1.72. The molecule has 1 rings (SSSR count). The molecule has 0 aromatic rings. The van der Waals surface area contributed by atoms with Crippen LogP contribution in [0.4, 0.5) is 4.79 Å². The average molecular weight is 297 g/mol. The van der Waals surface area contributed by atoms with Crippen LogP contribution in [-0.4, -0.2) is 47.5 Å². The Balaban J connectivity index is 2.77. The summed E-state index contributed by atoms with van der Waals surface area (Å²) in [4.78, 5) is 47.9. The first-order valence-corrected chi connectivity index (χ1v) is 7.32. The summed E-state index contributed by atoms with van der Waals surface area (Å²) in [5.41, 5.74) is 0. The number of Topliss-reactive ketones (excluding diaryl/α,β-unsaturated/α-hetero) is 3. The number of rotatable bonds is 7. The van der Waals surface area contributed by atoms with Gasteiger partial charge in [-0.05, 0) is 33.6 Å². The van der Waals surface area contributed by atoms with Crippen LogP contribution < -0.4 is 0 Å². The van der Waals surface area contributed by atoms with E-state index in [0.717, 1.165) is 0 Å². The van der Waals surface area contributed by atoms with Gasteiger partial charge in [-0.2, -0.15) is 0 Å². The Morgan fingerprint density at radius 3 is 2.24 bits per heavy atom. The second-order valence-corrected chi connectivity index (χ2v) is 5.45. The molecule has 118 valence electrons. The zero-order chi connectivity index (χ0) is 16.0. The second kappa shape index (κ2) is 7.90. The number of nitrogens with zero attached hydrogens (tertiary/aromatic N) is 1. The molecule has 0 aliphatic carbocycles. The first-order valence-electron chi connectivity index (χ1n) is 7.32. The van der Waals surface area contributed by atoms with E-state index >= 15 is 0 Å². The van der Waals surface area contributed by atoms with Gasteiger partial charge < -0.3 is 14.3 Å². The molecule has 0 radical (unpaired) electrons. The largest absolute Gasteiger partial charge is 0.450 e. The SMILES string of the molecule is CCOC(=O)N1CC(CCC(C)=O)C(=O)C1CCC(C)=O. The fourth-order valence-electron chi connectivity index (χ4n) is 2.54. The Kier molecular flexibility index (Phi) is 6.52. The fourth-order valence-corrected chi connectivity index (χ4v) is 2.54. The molecule has 6 heteroatoms. The van der Waals surface area contributed by atoms with Crippen LogP contribution in [0.15, 0.2) is 0 Å². The van der Waals surface area contributed by atoms with E-state index in [2.05, 4.69) is 0 Å². The van der Waals surface area contributed by atoms with E-state index in [1.54, 1.807) is 6.92 Å². The number of ketones is 3. The topological polar surface area (TPSA) is 80.8 Å². The summed E-state index contributed by atoms with van der Waals surface area (Å²) in [5.74, 6) is -0.391. The van der Waals surface area contributed by atoms with Gasteiger partial charge in [-0.3, -0.25) is 9.69 Å². The van der Waals surface area contributed by atoms with Crippen molar-refractivity contribution in [3.8, 4) is 0 Å². The zero-order valence-corrected chi connectivity index (χ0v) is 12.9. The predicted molar refractivity (Wildman–Crippen MR) is 75.8 cm³/mol. The molecule has 0 saturated carbocycles. The maximum Gasteiger partial charge on any atom is 0.410 e. The van der Waals surface area contributed by atoms with Crippen molar-refractivity contribution >= 4 is 23.4 Å². The third-order valence-corrected chi connectivity index (χ3v) is 3.64. The Bertz CT molecular complexity index is 432. The summed E-state index contributed by atoms with van der Waals surface area (Å²) in [5, 5.41) is 0. The van der Waals surface area contributed by atoms with Gasteiger partial charge in [-0.15, -0.1) is 0 Å². The summed E-state index contributed by atoms with van der Waals surface area (Å²) in [6, 6.07) is -0.607. The average Bonchev–Trinajstić information content (AvgIpc) is 2.71. The highest BCUT2D eigenvalue weighted by molar-refractivity contribution is 5.93. The zero-order valence-electron chi connectivity index (χ0n) is 12.9. The van der Waals surface area contributed by atoms with E-state index in [4.69, 9.17) is 4.74 Å². The second-order valence-electron chi connectivity index (χ2n) is 5.45. The standard InChI is InChI=1S/C15H23NO5/c1-4-21-15(20)16-9-12(7-5-10(2)17)14(19)13(16)8-6-11(3)18/h12-13H,4-9H2,1-3H3. The first kappa shape index (κ1) is 17.3. The molecule has 0 N–H and O–H groups in total. The lowest BCUT2D eigenvalue weighted by molar-refractivity contribution is -0.123. The molecule has 1 heterocycles. The minimum absolute atomic E-state index is 0.0150. The molecular weight excluding hydrogens is 274 g/mol. The maximum absolute atomic E-state index is 12.4.